The number of carbonyl (C=O) groups excluding carboxylic acids is 1. The van der Waals surface area contributed by atoms with Crippen molar-refractivity contribution in [3.8, 4) is 0 Å². The summed E-state index contributed by atoms with van der Waals surface area (Å²) in [4.78, 5) is 15.3. The van der Waals surface area contributed by atoms with Crippen LogP contribution in [-0.4, -0.2) is 55.8 Å². The predicted octanol–water partition coefficient (Wildman–Crippen LogP) is 5.79. The number of likely N-dealkylation sites (tertiary alicyclic amines) is 1. The highest BCUT2D eigenvalue weighted by Gasteiger charge is 2.43. The Morgan fingerprint density at radius 3 is 2.70 bits per heavy atom. The van der Waals surface area contributed by atoms with Gasteiger partial charge < -0.3 is 20.1 Å². The van der Waals surface area contributed by atoms with Crippen molar-refractivity contribution in [1.82, 2.24) is 10.2 Å². The van der Waals surface area contributed by atoms with Crippen molar-refractivity contribution >= 4 is 5.91 Å². The van der Waals surface area contributed by atoms with E-state index in [1.165, 1.54) is 44.2 Å². The quantitative estimate of drug-likeness (QED) is 0.304. The Morgan fingerprint density at radius 1 is 1.19 bits per heavy atom. The van der Waals surface area contributed by atoms with Crippen LogP contribution in [0.5, 0.6) is 0 Å². The number of rotatable bonds is 14. The summed E-state index contributed by atoms with van der Waals surface area (Å²) in [5.41, 5.74) is -1.53. The zero-order valence-corrected chi connectivity index (χ0v) is 23.0. The lowest BCUT2D eigenvalue weighted by atomic mass is 9.73. The molecule has 0 unspecified atom stereocenters. The summed E-state index contributed by atoms with van der Waals surface area (Å²) in [6.07, 6.45) is 11.1. The van der Waals surface area contributed by atoms with Gasteiger partial charge in [-0.3, -0.25) is 4.79 Å². The van der Waals surface area contributed by atoms with Crippen molar-refractivity contribution in [3.05, 3.63) is 35.4 Å². The van der Waals surface area contributed by atoms with E-state index < -0.39 is 17.2 Å². The molecule has 0 bridgehead atoms. The molecule has 1 amide bonds. The molecule has 7 heteroatoms. The van der Waals surface area contributed by atoms with E-state index in [1.54, 1.807) is 0 Å². The molecule has 0 radical (unpaired) electrons. The molecule has 37 heavy (non-hydrogen) atoms. The molecule has 0 spiro atoms. The maximum Gasteiger partial charge on any atom is 0.222 e. The van der Waals surface area contributed by atoms with Gasteiger partial charge in [0, 0.05) is 44.2 Å². The molecule has 1 heterocycles. The molecule has 1 aromatic rings. The Bertz CT molecular complexity index is 833. The SMILES string of the molecule is CCOCCCC[C@@](O)(c1cccc(F)c1F)[C@@H]1CCCN(C(=O)C[C@H](CNC)CC2CCCCC2)C1. The number of halogens is 2. The molecule has 210 valence electrons. The molecule has 1 aliphatic heterocycles. The van der Waals surface area contributed by atoms with Gasteiger partial charge in [-0.05, 0) is 76.9 Å². The summed E-state index contributed by atoms with van der Waals surface area (Å²) in [7, 11) is 1.94. The predicted molar refractivity (Wildman–Crippen MR) is 143 cm³/mol. The van der Waals surface area contributed by atoms with Crippen molar-refractivity contribution in [2.24, 2.45) is 17.8 Å². The standard InChI is InChI=1S/C30H48F2N2O3/c1-3-37-18-8-7-16-30(36,26-14-9-15-27(31)29(26)32)25-13-10-17-34(22-25)28(35)20-24(21-33-2)19-23-11-5-4-6-12-23/h9,14-15,23-25,33,36H,3-8,10-13,16-22H2,1-2H3/t24-,25-,30+/m1/s1. The fourth-order valence-electron chi connectivity index (χ4n) is 6.53. The van der Waals surface area contributed by atoms with Crippen molar-refractivity contribution in [2.45, 2.75) is 89.6 Å². The number of nitrogens with zero attached hydrogens (tertiary/aromatic N) is 1. The van der Waals surface area contributed by atoms with Gasteiger partial charge >= 0.3 is 0 Å². The fourth-order valence-corrected chi connectivity index (χ4v) is 6.53. The van der Waals surface area contributed by atoms with Gasteiger partial charge in [-0.25, -0.2) is 8.78 Å². The number of aliphatic hydroxyl groups is 1. The van der Waals surface area contributed by atoms with Crippen LogP contribution < -0.4 is 5.32 Å². The van der Waals surface area contributed by atoms with Gasteiger partial charge in [0.15, 0.2) is 11.6 Å². The summed E-state index contributed by atoms with van der Waals surface area (Å²) in [6.45, 7) is 4.96. The number of nitrogens with one attached hydrogen (secondary N) is 1. The minimum Gasteiger partial charge on any atom is -0.385 e. The largest absolute Gasteiger partial charge is 0.385 e. The van der Waals surface area contributed by atoms with Gasteiger partial charge in [-0.2, -0.15) is 0 Å². The average Bonchev–Trinajstić information content (AvgIpc) is 2.90. The third kappa shape index (κ3) is 8.46. The first-order valence-electron chi connectivity index (χ1n) is 14.6. The van der Waals surface area contributed by atoms with Crippen LogP contribution in [0.4, 0.5) is 8.78 Å². The Hall–Kier alpha value is -1.57. The van der Waals surface area contributed by atoms with Gasteiger partial charge in [0.2, 0.25) is 5.91 Å². The highest BCUT2D eigenvalue weighted by Crippen LogP contribution is 2.41. The van der Waals surface area contributed by atoms with E-state index in [-0.39, 0.29) is 17.4 Å². The minimum absolute atomic E-state index is 0.00793. The number of hydrogen-bond donors (Lipinski definition) is 2. The Balaban J connectivity index is 1.71. The molecule has 3 atom stereocenters. The summed E-state index contributed by atoms with van der Waals surface area (Å²) in [5.74, 6) is -1.19. The molecular weight excluding hydrogens is 474 g/mol. The minimum atomic E-state index is -1.54. The average molecular weight is 523 g/mol. The molecule has 0 aromatic heterocycles. The third-order valence-corrected chi connectivity index (χ3v) is 8.52. The zero-order valence-electron chi connectivity index (χ0n) is 23.0. The van der Waals surface area contributed by atoms with Crippen LogP contribution in [0.3, 0.4) is 0 Å². The fraction of sp³-hybridized carbons (Fsp3) is 0.767. The normalized spacial score (nSPS) is 21.5. The van der Waals surface area contributed by atoms with E-state index in [1.807, 2.05) is 18.9 Å². The number of unbranched alkanes of at least 4 members (excludes halogenated alkanes) is 1. The van der Waals surface area contributed by atoms with E-state index in [4.69, 9.17) is 4.74 Å². The van der Waals surface area contributed by atoms with Crippen LogP contribution in [0.2, 0.25) is 0 Å². The van der Waals surface area contributed by atoms with Crippen molar-refractivity contribution in [2.75, 3.05) is 39.9 Å². The van der Waals surface area contributed by atoms with Gasteiger partial charge in [0.1, 0.15) is 0 Å². The van der Waals surface area contributed by atoms with Crippen LogP contribution in [-0.2, 0) is 15.1 Å². The molecule has 1 aromatic carbocycles. The van der Waals surface area contributed by atoms with Crippen molar-refractivity contribution in [3.63, 3.8) is 0 Å². The zero-order chi connectivity index (χ0) is 26.7. The highest BCUT2D eigenvalue weighted by molar-refractivity contribution is 5.76. The van der Waals surface area contributed by atoms with Crippen LogP contribution in [0.25, 0.3) is 0 Å². The molecule has 2 fully saturated rings. The maximum absolute atomic E-state index is 15.0. The van der Waals surface area contributed by atoms with Crippen molar-refractivity contribution in [1.29, 1.82) is 0 Å². The summed E-state index contributed by atoms with van der Waals surface area (Å²) in [6, 6.07) is 4.03. The molecule has 3 rings (SSSR count). The van der Waals surface area contributed by atoms with Crippen molar-refractivity contribution < 1.29 is 23.4 Å². The molecular formula is C30H48F2N2O3. The van der Waals surface area contributed by atoms with Gasteiger partial charge in [0.25, 0.3) is 0 Å². The lowest BCUT2D eigenvalue weighted by Crippen LogP contribution is -2.49. The number of benzene rings is 1. The highest BCUT2D eigenvalue weighted by atomic mass is 19.2. The molecule has 1 aliphatic carbocycles. The number of carbonyl (C=O) groups is 1. The number of hydrogen-bond acceptors (Lipinski definition) is 4. The van der Waals surface area contributed by atoms with E-state index in [0.717, 1.165) is 31.9 Å². The Kier molecular flexibility index (Phi) is 12.3. The molecule has 1 saturated heterocycles. The van der Waals surface area contributed by atoms with Crippen LogP contribution in [0, 0.1) is 29.4 Å². The Morgan fingerprint density at radius 2 is 1.97 bits per heavy atom. The summed E-state index contributed by atoms with van der Waals surface area (Å²) in [5, 5.41) is 15.2. The smallest absolute Gasteiger partial charge is 0.222 e. The number of ether oxygens (including phenoxy) is 1. The Labute approximate surface area is 222 Å². The first-order chi connectivity index (χ1) is 17.9. The van der Waals surface area contributed by atoms with E-state index in [0.29, 0.717) is 63.8 Å². The first-order valence-corrected chi connectivity index (χ1v) is 14.6. The van der Waals surface area contributed by atoms with E-state index in [2.05, 4.69) is 5.32 Å². The summed E-state index contributed by atoms with van der Waals surface area (Å²) < 4.78 is 34.6. The second-order valence-corrected chi connectivity index (χ2v) is 11.2. The second kappa shape index (κ2) is 15.1. The maximum atomic E-state index is 15.0. The number of amides is 1. The molecule has 2 N–H and O–H groups in total. The molecule has 1 saturated carbocycles. The second-order valence-electron chi connectivity index (χ2n) is 11.2. The van der Waals surface area contributed by atoms with Crippen LogP contribution in [0.15, 0.2) is 18.2 Å². The third-order valence-electron chi connectivity index (χ3n) is 8.52. The molecule has 5 nitrogen and oxygen atoms in total. The number of piperidine rings is 1. The van der Waals surface area contributed by atoms with Gasteiger partial charge in [-0.15, -0.1) is 0 Å². The topological polar surface area (TPSA) is 61.8 Å². The van der Waals surface area contributed by atoms with E-state index in [9.17, 15) is 18.7 Å². The van der Waals surface area contributed by atoms with Crippen LogP contribution >= 0.6 is 0 Å². The monoisotopic (exact) mass is 522 g/mol. The van der Waals surface area contributed by atoms with Crippen LogP contribution in [0.1, 0.15) is 89.5 Å². The van der Waals surface area contributed by atoms with Gasteiger partial charge in [0.05, 0.1) is 5.60 Å². The lowest BCUT2D eigenvalue weighted by Gasteiger charge is -2.43. The first kappa shape index (κ1) is 30.0. The molecule has 2 aliphatic rings. The van der Waals surface area contributed by atoms with Gasteiger partial charge in [-0.1, -0.05) is 44.2 Å². The lowest BCUT2D eigenvalue weighted by molar-refractivity contribution is -0.138. The van der Waals surface area contributed by atoms with E-state index >= 15 is 0 Å². The summed E-state index contributed by atoms with van der Waals surface area (Å²) >= 11 is 0.